The molecule has 0 aliphatic heterocycles. The highest BCUT2D eigenvalue weighted by Crippen LogP contribution is 2.20. The molecule has 0 aliphatic rings. The van der Waals surface area contributed by atoms with Crippen molar-refractivity contribution in [1.29, 1.82) is 0 Å². The van der Waals surface area contributed by atoms with E-state index < -0.39 is 24.5 Å². The van der Waals surface area contributed by atoms with Crippen molar-refractivity contribution >= 4 is 12.4 Å². The van der Waals surface area contributed by atoms with Gasteiger partial charge in [-0.2, -0.15) is 0 Å². The van der Waals surface area contributed by atoms with Crippen LogP contribution in [-0.2, 0) is 53.1 Å². The first kappa shape index (κ1) is 26.1. The normalized spacial score (nSPS) is 13.4. The summed E-state index contributed by atoms with van der Waals surface area (Å²) in [7, 11) is 0. The van der Waals surface area contributed by atoms with Crippen molar-refractivity contribution in [2.45, 2.75) is 45.2 Å². The summed E-state index contributed by atoms with van der Waals surface area (Å²) < 4.78 is 28.9. The van der Waals surface area contributed by atoms with Gasteiger partial charge in [0.2, 0.25) is 6.29 Å². The monoisotopic (exact) mass is 478 g/mol. The lowest BCUT2D eigenvalue weighted by Gasteiger charge is -2.32. The maximum absolute atomic E-state index is 12.0. The van der Waals surface area contributed by atoms with Crippen molar-refractivity contribution in [2.75, 3.05) is 6.61 Å². The summed E-state index contributed by atoms with van der Waals surface area (Å²) in [6.45, 7) is 2.18. The minimum Gasteiger partial charge on any atom is -0.465 e. The highest BCUT2D eigenvalue weighted by Gasteiger charge is 2.35. The summed E-state index contributed by atoms with van der Waals surface area (Å²) in [6.07, 6.45) is -2.76. The van der Waals surface area contributed by atoms with Gasteiger partial charge in [-0.05, 0) is 16.7 Å². The molecular formula is C28H30O7. The van der Waals surface area contributed by atoms with Crippen LogP contribution < -0.4 is 0 Å². The van der Waals surface area contributed by atoms with Gasteiger partial charge in [0, 0.05) is 6.92 Å². The lowest BCUT2D eigenvalue weighted by atomic mass is 10.1. The Morgan fingerprint density at radius 3 is 1.63 bits per heavy atom. The smallest absolute Gasteiger partial charge is 0.305 e. The molecule has 0 aromatic heterocycles. The van der Waals surface area contributed by atoms with Crippen molar-refractivity contribution in [2.24, 2.45) is 0 Å². The second kappa shape index (κ2) is 14.7. The Bertz CT molecular complexity index is 996. The Labute approximate surface area is 205 Å². The Morgan fingerprint density at radius 2 is 1.17 bits per heavy atom. The van der Waals surface area contributed by atoms with E-state index in [-0.39, 0.29) is 26.4 Å². The molecule has 0 radical (unpaired) electrons. The minimum absolute atomic E-state index is 0.109. The van der Waals surface area contributed by atoms with Crippen LogP contribution in [-0.4, -0.2) is 37.5 Å². The molecule has 0 fully saturated rings. The number of hydrogen-bond acceptors (Lipinski definition) is 7. The van der Waals surface area contributed by atoms with E-state index in [2.05, 4.69) is 0 Å². The quantitative estimate of drug-likeness (QED) is 0.182. The Balaban J connectivity index is 1.83. The van der Waals surface area contributed by atoms with Crippen LogP contribution >= 0.6 is 0 Å². The molecule has 0 N–H and O–H groups in total. The first-order valence-electron chi connectivity index (χ1n) is 11.3. The molecule has 0 spiro atoms. The van der Waals surface area contributed by atoms with Crippen molar-refractivity contribution in [3.8, 4) is 0 Å². The number of benzene rings is 3. The second-order valence-electron chi connectivity index (χ2n) is 7.80. The van der Waals surface area contributed by atoms with E-state index in [0.29, 0.717) is 6.47 Å². The molecule has 0 bridgehead atoms. The molecule has 3 rings (SSSR count). The standard InChI is InChI=1S/C28H30O7/c1-22(30)35-28(34-19-25-15-9-4-10-16-25)27(33-18-24-13-7-3-8-14-24)26(20-31-21-29)32-17-23-11-5-2-6-12-23/h2-16,21,26-28H,17-20H2,1H3/t26-,27-,28?/m1/s1. The summed E-state index contributed by atoms with van der Waals surface area (Å²) in [4.78, 5) is 23.0. The average molecular weight is 479 g/mol. The van der Waals surface area contributed by atoms with Gasteiger partial charge < -0.3 is 23.7 Å². The molecule has 35 heavy (non-hydrogen) atoms. The summed E-state index contributed by atoms with van der Waals surface area (Å²) in [5.41, 5.74) is 2.75. The number of ether oxygens (including phenoxy) is 5. The van der Waals surface area contributed by atoms with E-state index in [1.54, 1.807) is 0 Å². The Hall–Kier alpha value is -3.52. The largest absolute Gasteiger partial charge is 0.465 e. The van der Waals surface area contributed by atoms with Gasteiger partial charge in [-0.3, -0.25) is 9.59 Å². The van der Waals surface area contributed by atoms with Gasteiger partial charge >= 0.3 is 5.97 Å². The number of rotatable bonds is 15. The van der Waals surface area contributed by atoms with Crippen LogP contribution in [0.5, 0.6) is 0 Å². The molecule has 3 aromatic rings. The van der Waals surface area contributed by atoms with Gasteiger partial charge in [0.15, 0.2) is 0 Å². The predicted octanol–water partition coefficient (Wildman–Crippen LogP) is 4.44. The SMILES string of the molecule is CC(=O)OC(OCc1ccccc1)[C@H](OCc1ccccc1)[C@@H](COC=O)OCc1ccccc1. The Kier molecular flexibility index (Phi) is 10.9. The third kappa shape index (κ3) is 9.33. The molecule has 0 amide bonds. The molecule has 0 aliphatic carbocycles. The first-order valence-corrected chi connectivity index (χ1v) is 11.3. The maximum atomic E-state index is 12.0. The van der Waals surface area contributed by atoms with E-state index in [1.165, 1.54) is 6.92 Å². The van der Waals surface area contributed by atoms with Gasteiger partial charge in [0.25, 0.3) is 6.47 Å². The van der Waals surface area contributed by atoms with E-state index >= 15 is 0 Å². The molecule has 3 aromatic carbocycles. The zero-order valence-electron chi connectivity index (χ0n) is 19.7. The molecule has 0 heterocycles. The summed E-state index contributed by atoms with van der Waals surface area (Å²) in [5, 5.41) is 0. The molecule has 7 nitrogen and oxygen atoms in total. The molecule has 0 saturated carbocycles. The fourth-order valence-corrected chi connectivity index (χ4v) is 3.39. The predicted molar refractivity (Wildman–Crippen MR) is 129 cm³/mol. The summed E-state index contributed by atoms with van der Waals surface area (Å²) >= 11 is 0. The minimum atomic E-state index is -1.10. The molecular weight excluding hydrogens is 448 g/mol. The maximum Gasteiger partial charge on any atom is 0.305 e. The topological polar surface area (TPSA) is 80.3 Å². The zero-order chi connectivity index (χ0) is 24.7. The van der Waals surface area contributed by atoms with Crippen LogP contribution in [0.15, 0.2) is 91.0 Å². The fourth-order valence-electron chi connectivity index (χ4n) is 3.39. The van der Waals surface area contributed by atoms with Gasteiger partial charge in [-0.15, -0.1) is 0 Å². The molecule has 0 saturated heterocycles. The Morgan fingerprint density at radius 1 is 0.714 bits per heavy atom. The molecule has 184 valence electrons. The van der Waals surface area contributed by atoms with Crippen LogP contribution in [0, 0.1) is 0 Å². The average Bonchev–Trinajstić information content (AvgIpc) is 2.89. The van der Waals surface area contributed by atoms with Crippen LogP contribution in [0.1, 0.15) is 23.6 Å². The van der Waals surface area contributed by atoms with Crippen LogP contribution in [0.2, 0.25) is 0 Å². The summed E-state index contributed by atoms with van der Waals surface area (Å²) in [6, 6.07) is 28.6. The zero-order valence-corrected chi connectivity index (χ0v) is 19.7. The number of carbonyl (C=O) groups excluding carboxylic acids is 2. The van der Waals surface area contributed by atoms with Crippen LogP contribution in [0.25, 0.3) is 0 Å². The lowest BCUT2D eigenvalue weighted by molar-refractivity contribution is -0.242. The van der Waals surface area contributed by atoms with E-state index in [0.717, 1.165) is 16.7 Å². The molecule has 7 heteroatoms. The number of carbonyl (C=O) groups is 2. The van der Waals surface area contributed by atoms with Crippen molar-refractivity contribution in [1.82, 2.24) is 0 Å². The van der Waals surface area contributed by atoms with Crippen molar-refractivity contribution in [3.05, 3.63) is 108 Å². The van der Waals surface area contributed by atoms with Crippen LogP contribution in [0.3, 0.4) is 0 Å². The van der Waals surface area contributed by atoms with E-state index in [9.17, 15) is 9.59 Å². The van der Waals surface area contributed by atoms with Gasteiger partial charge in [0.1, 0.15) is 18.8 Å². The van der Waals surface area contributed by atoms with Gasteiger partial charge in [-0.25, -0.2) is 0 Å². The first-order chi connectivity index (χ1) is 17.2. The van der Waals surface area contributed by atoms with Crippen molar-refractivity contribution < 1.29 is 33.3 Å². The number of hydrogen-bond donors (Lipinski definition) is 0. The molecule has 1 unspecified atom stereocenters. The lowest BCUT2D eigenvalue weighted by Crippen LogP contribution is -2.46. The molecule has 3 atom stereocenters. The van der Waals surface area contributed by atoms with E-state index in [1.807, 2.05) is 91.0 Å². The van der Waals surface area contributed by atoms with Gasteiger partial charge in [-0.1, -0.05) is 91.0 Å². The fraction of sp³-hybridized carbons (Fsp3) is 0.286. The van der Waals surface area contributed by atoms with Crippen LogP contribution in [0.4, 0.5) is 0 Å². The third-order valence-electron chi connectivity index (χ3n) is 5.09. The highest BCUT2D eigenvalue weighted by molar-refractivity contribution is 5.66. The van der Waals surface area contributed by atoms with Crippen molar-refractivity contribution in [3.63, 3.8) is 0 Å². The number of esters is 1. The highest BCUT2D eigenvalue weighted by atomic mass is 16.7. The van der Waals surface area contributed by atoms with E-state index in [4.69, 9.17) is 23.7 Å². The third-order valence-corrected chi connectivity index (χ3v) is 5.09. The second-order valence-corrected chi connectivity index (χ2v) is 7.80. The van der Waals surface area contributed by atoms with Gasteiger partial charge in [0.05, 0.1) is 19.8 Å². The summed E-state index contributed by atoms with van der Waals surface area (Å²) in [5.74, 6) is -0.533.